The molecule has 0 saturated carbocycles. The van der Waals surface area contributed by atoms with Gasteiger partial charge in [0.1, 0.15) is 0 Å². The fourth-order valence-corrected chi connectivity index (χ4v) is 1.59. The molecule has 0 aromatic rings. The van der Waals surface area contributed by atoms with Crippen molar-refractivity contribution in [1.82, 2.24) is 16.0 Å². The largest absolute Gasteiger partial charge is 0.355 e. The first kappa shape index (κ1) is 11.5. The Hall–Kier alpha value is -0.610. The summed E-state index contributed by atoms with van der Waals surface area (Å²) in [6, 6.07) is 0.469. The highest BCUT2D eigenvalue weighted by Gasteiger charge is 2.12. The molecule has 0 bridgehead atoms. The zero-order valence-corrected chi connectivity index (χ0v) is 8.94. The van der Waals surface area contributed by atoms with E-state index in [-0.39, 0.29) is 5.91 Å². The Bertz CT molecular complexity index is 167. The third-order valence-corrected chi connectivity index (χ3v) is 2.42. The Labute approximate surface area is 85.8 Å². The van der Waals surface area contributed by atoms with Gasteiger partial charge in [-0.1, -0.05) is 6.92 Å². The molecule has 82 valence electrons. The molecule has 0 radical (unpaired) electrons. The summed E-state index contributed by atoms with van der Waals surface area (Å²) >= 11 is 0. The highest BCUT2D eigenvalue weighted by atomic mass is 16.1. The summed E-state index contributed by atoms with van der Waals surface area (Å²) in [4.78, 5) is 11.3. The Morgan fingerprint density at radius 2 is 2.43 bits per heavy atom. The van der Waals surface area contributed by atoms with Crippen molar-refractivity contribution in [2.24, 2.45) is 0 Å². The van der Waals surface area contributed by atoms with E-state index in [1.807, 2.05) is 0 Å². The molecular weight excluding hydrogens is 178 g/mol. The molecule has 1 aliphatic rings. The van der Waals surface area contributed by atoms with Crippen LogP contribution in [0, 0.1) is 0 Å². The molecule has 1 unspecified atom stereocenters. The summed E-state index contributed by atoms with van der Waals surface area (Å²) in [5, 5.41) is 9.41. The lowest BCUT2D eigenvalue weighted by Crippen LogP contribution is -2.46. The van der Waals surface area contributed by atoms with Gasteiger partial charge in [-0.05, 0) is 25.8 Å². The van der Waals surface area contributed by atoms with Crippen LogP contribution in [0.4, 0.5) is 0 Å². The van der Waals surface area contributed by atoms with Gasteiger partial charge >= 0.3 is 0 Å². The van der Waals surface area contributed by atoms with Gasteiger partial charge < -0.3 is 16.0 Å². The van der Waals surface area contributed by atoms with E-state index in [9.17, 15) is 4.79 Å². The maximum Gasteiger partial charge on any atom is 0.233 e. The van der Waals surface area contributed by atoms with Crippen molar-refractivity contribution < 1.29 is 4.79 Å². The topological polar surface area (TPSA) is 53.2 Å². The number of rotatable bonds is 5. The van der Waals surface area contributed by atoms with E-state index >= 15 is 0 Å². The number of hydrogen-bond donors (Lipinski definition) is 3. The monoisotopic (exact) mass is 199 g/mol. The van der Waals surface area contributed by atoms with Gasteiger partial charge in [0.25, 0.3) is 0 Å². The molecule has 1 saturated heterocycles. The fourth-order valence-electron chi connectivity index (χ4n) is 1.59. The molecule has 4 heteroatoms. The van der Waals surface area contributed by atoms with E-state index in [0.29, 0.717) is 12.6 Å². The second-order valence-corrected chi connectivity index (χ2v) is 3.77. The number of nitrogens with one attached hydrogen (secondary N) is 3. The average Bonchev–Trinajstić information content (AvgIpc) is 2.25. The number of piperidine rings is 1. The zero-order chi connectivity index (χ0) is 10.2. The third kappa shape index (κ3) is 4.58. The standard InChI is InChI=1S/C10H21N3O/c1-2-5-12-10(14)8-13-9-4-3-6-11-7-9/h9,11,13H,2-8H2,1H3,(H,12,14). The molecule has 0 aromatic heterocycles. The third-order valence-electron chi connectivity index (χ3n) is 2.42. The molecule has 1 atom stereocenters. The average molecular weight is 199 g/mol. The normalized spacial score (nSPS) is 21.9. The second-order valence-electron chi connectivity index (χ2n) is 3.77. The van der Waals surface area contributed by atoms with Crippen LogP contribution in [0.1, 0.15) is 26.2 Å². The molecule has 1 amide bonds. The molecule has 1 aliphatic heterocycles. The van der Waals surface area contributed by atoms with Gasteiger partial charge in [-0.2, -0.15) is 0 Å². The van der Waals surface area contributed by atoms with E-state index in [4.69, 9.17) is 0 Å². The maximum absolute atomic E-state index is 11.3. The first-order valence-corrected chi connectivity index (χ1v) is 5.53. The summed E-state index contributed by atoms with van der Waals surface area (Å²) in [6.07, 6.45) is 3.37. The van der Waals surface area contributed by atoms with Crippen molar-refractivity contribution in [3.63, 3.8) is 0 Å². The van der Waals surface area contributed by atoms with Gasteiger partial charge in [0.15, 0.2) is 0 Å². The van der Waals surface area contributed by atoms with Crippen molar-refractivity contribution >= 4 is 5.91 Å². The Morgan fingerprint density at radius 1 is 1.57 bits per heavy atom. The highest BCUT2D eigenvalue weighted by molar-refractivity contribution is 5.77. The molecule has 1 rings (SSSR count). The molecule has 4 nitrogen and oxygen atoms in total. The lowest BCUT2D eigenvalue weighted by Gasteiger charge is -2.23. The zero-order valence-electron chi connectivity index (χ0n) is 8.94. The molecular formula is C10H21N3O. The number of hydrogen-bond acceptors (Lipinski definition) is 3. The minimum atomic E-state index is 0.109. The number of amides is 1. The number of carbonyl (C=O) groups excluding carboxylic acids is 1. The first-order valence-electron chi connectivity index (χ1n) is 5.53. The molecule has 1 fully saturated rings. The van der Waals surface area contributed by atoms with Crippen molar-refractivity contribution in [1.29, 1.82) is 0 Å². The fraction of sp³-hybridized carbons (Fsp3) is 0.900. The van der Waals surface area contributed by atoms with Gasteiger partial charge in [-0.25, -0.2) is 0 Å². The Morgan fingerprint density at radius 3 is 3.07 bits per heavy atom. The Balaban J connectivity index is 2.03. The molecule has 0 aliphatic carbocycles. The van der Waals surface area contributed by atoms with Crippen LogP contribution in [-0.2, 0) is 4.79 Å². The van der Waals surface area contributed by atoms with Crippen LogP contribution >= 0.6 is 0 Å². The van der Waals surface area contributed by atoms with Gasteiger partial charge in [0, 0.05) is 19.1 Å². The van der Waals surface area contributed by atoms with Gasteiger partial charge in [0.2, 0.25) is 5.91 Å². The van der Waals surface area contributed by atoms with Crippen LogP contribution in [-0.4, -0.2) is 38.1 Å². The van der Waals surface area contributed by atoms with Crippen molar-refractivity contribution in [2.45, 2.75) is 32.2 Å². The molecule has 0 aromatic carbocycles. The second kappa shape index (κ2) is 6.79. The van der Waals surface area contributed by atoms with Crippen LogP contribution in [0.5, 0.6) is 0 Å². The number of carbonyl (C=O) groups is 1. The van der Waals surface area contributed by atoms with E-state index < -0.39 is 0 Å². The van der Waals surface area contributed by atoms with Crippen LogP contribution in [0.25, 0.3) is 0 Å². The lowest BCUT2D eigenvalue weighted by molar-refractivity contribution is -0.120. The summed E-state index contributed by atoms with van der Waals surface area (Å²) in [5.41, 5.74) is 0. The first-order chi connectivity index (χ1) is 6.83. The van der Waals surface area contributed by atoms with Crippen LogP contribution in [0.15, 0.2) is 0 Å². The summed E-state index contributed by atoms with van der Waals surface area (Å²) in [6.45, 7) is 5.38. The molecule has 3 N–H and O–H groups in total. The minimum absolute atomic E-state index is 0.109. The van der Waals surface area contributed by atoms with E-state index in [1.54, 1.807) is 0 Å². The highest BCUT2D eigenvalue weighted by Crippen LogP contribution is 1.99. The summed E-state index contributed by atoms with van der Waals surface area (Å²) < 4.78 is 0. The maximum atomic E-state index is 11.3. The van der Waals surface area contributed by atoms with Crippen LogP contribution in [0.2, 0.25) is 0 Å². The molecule has 0 spiro atoms. The van der Waals surface area contributed by atoms with Crippen molar-refractivity contribution in [2.75, 3.05) is 26.2 Å². The minimum Gasteiger partial charge on any atom is -0.355 e. The smallest absolute Gasteiger partial charge is 0.233 e. The Kier molecular flexibility index (Phi) is 5.56. The van der Waals surface area contributed by atoms with Crippen molar-refractivity contribution in [3.05, 3.63) is 0 Å². The van der Waals surface area contributed by atoms with Gasteiger partial charge in [-0.3, -0.25) is 4.79 Å². The SMILES string of the molecule is CCCNC(=O)CNC1CCCNC1. The van der Waals surface area contributed by atoms with E-state index in [2.05, 4.69) is 22.9 Å². The summed E-state index contributed by atoms with van der Waals surface area (Å²) in [7, 11) is 0. The quantitative estimate of drug-likeness (QED) is 0.577. The predicted octanol–water partition coefficient (Wildman–Crippen LogP) is -0.146. The lowest BCUT2D eigenvalue weighted by atomic mass is 10.1. The van der Waals surface area contributed by atoms with Gasteiger partial charge in [-0.15, -0.1) is 0 Å². The van der Waals surface area contributed by atoms with Crippen LogP contribution < -0.4 is 16.0 Å². The van der Waals surface area contributed by atoms with Crippen molar-refractivity contribution in [3.8, 4) is 0 Å². The molecule has 1 heterocycles. The summed E-state index contributed by atoms with van der Waals surface area (Å²) in [5.74, 6) is 0.109. The van der Waals surface area contributed by atoms with Gasteiger partial charge in [0.05, 0.1) is 6.54 Å². The molecule has 14 heavy (non-hydrogen) atoms. The predicted molar refractivity (Wildman–Crippen MR) is 57.2 cm³/mol. The van der Waals surface area contributed by atoms with E-state index in [1.165, 1.54) is 12.8 Å². The van der Waals surface area contributed by atoms with Crippen LogP contribution in [0.3, 0.4) is 0 Å². The van der Waals surface area contributed by atoms with E-state index in [0.717, 1.165) is 26.1 Å².